The average molecular weight is 272 g/mol. The fraction of sp³-hybridized carbons (Fsp3) is 0.545. The van der Waals surface area contributed by atoms with E-state index in [0.717, 1.165) is 25.0 Å². The molecule has 1 aromatic heterocycles. The largest absolute Gasteiger partial charge is 0.376 e. The van der Waals surface area contributed by atoms with Crippen LogP contribution in [0.4, 0.5) is 0 Å². The standard InChI is InChI=1S/C11H14BrNO2/c12-7-9-3-1-5-13(11(9)14)8-10-4-2-6-15-10/h1,3,5,10H,2,4,6-8H2. The van der Waals surface area contributed by atoms with Crippen LogP contribution in [-0.4, -0.2) is 17.3 Å². The Morgan fingerprint density at radius 1 is 1.60 bits per heavy atom. The third-order valence-corrected chi connectivity index (χ3v) is 3.27. The van der Waals surface area contributed by atoms with Crippen LogP contribution in [0.1, 0.15) is 18.4 Å². The molecule has 0 bridgehead atoms. The predicted molar refractivity (Wildman–Crippen MR) is 62.3 cm³/mol. The Morgan fingerprint density at radius 3 is 3.13 bits per heavy atom. The topological polar surface area (TPSA) is 31.2 Å². The quantitative estimate of drug-likeness (QED) is 0.787. The molecule has 0 spiro atoms. The minimum Gasteiger partial charge on any atom is -0.376 e. The molecule has 15 heavy (non-hydrogen) atoms. The maximum absolute atomic E-state index is 11.9. The van der Waals surface area contributed by atoms with Crippen molar-refractivity contribution in [3.63, 3.8) is 0 Å². The van der Waals surface area contributed by atoms with Crippen molar-refractivity contribution in [1.82, 2.24) is 4.57 Å². The monoisotopic (exact) mass is 271 g/mol. The van der Waals surface area contributed by atoms with Gasteiger partial charge >= 0.3 is 0 Å². The molecule has 0 aromatic carbocycles. The van der Waals surface area contributed by atoms with Gasteiger partial charge in [-0.3, -0.25) is 4.79 Å². The summed E-state index contributed by atoms with van der Waals surface area (Å²) in [6.07, 6.45) is 4.21. The second kappa shape index (κ2) is 4.94. The van der Waals surface area contributed by atoms with Gasteiger partial charge in [0.25, 0.3) is 5.56 Å². The van der Waals surface area contributed by atoms with Gasteiger partial charge in [0.05, 0.1) is 12.6 Å². The van der Waals surface area contributed by atoms with Gasteiger partial charge in [-0.15, -0.1) is 0 Å². The molecule has 2 rings (SSSR count). The van der Waals surface area contributed by atoms with Crippen molar-refractivity contribution in [3.05, 3.63) is 34.2 Å². The molecule has 0 saturated carbocycles. The second-order valence-corrected chi connectivity index (χ2v) is 4.32. The lowest BCUT2D eigenvalue weighted by Crippen LogP contribution is -2.27. The maximum Gasteiger partial charge on any atom is 0.254 e. The van der Waals surface area contributed by atoms with E-state index in [2.05, 4.69) is 15.9 Å². The first kappa shape index (κ1) is 10.9. The van der Waals surface area contributed by atoms with E-state index in [0.29, 0.717) is 11.9 Å². The van der Waals surface area contributed by atoms with E-state index in [4.69, 9.17) is 4.74 Å². The molecule has 1 aliphatic rings. The molecule has 82 valence electrons. The molecule has 0 amide bonds. The van der Waals surface area contributed by atoms with Crippen molar-refractivity contribution in [3.8, 4) is 0 Å². The highest BCUT2D eigenvalue weighted by Gasteiger charge is 2.16. The summed E-state index contributed by atoms with van der Waals surface area (Å²) in [4.78, 5) is 11.9. The number of nitrogens with zero attached hydrogens (tertiary/aromatic N) is 1. The van der Waals surface area contributed by atoms with Gasteiger partial charge in [0, 0.05) is 23.7 Å². The highest BCUT2D eigenvalue weighted by Crippen LogP contribution is 2.13. The summed E-state index contributed by atoms with van der Waals surface area (Å²) in [5.74, 6) is 0. The van der Waals surface area contributed by atoms with Gasteiger partial charge < -0.3 is 9.30 Å². The molecule has 1 aliphatic heterocycles. The SMILES string of the molecule is O=c1c(CBr)cccn1CC1CCCO1. The summed E-state index contributed by atoms with van der Waals surface area (Å²) in [5, 5.41) is 0.609. The van der Waals surface area contributed by atoms with E-state index in [-0.39, 0.29) is 11.7 Å². The fourth-order valence-electron chi connectivity index (χ4n) is 1.84. The first-order valence-electron chi connectivity index (χ1n) is 5.17. The zero-order valence-corrected chi connectivity index (χ0v) is 10.1. The van der Waals surface area contributed by atoms with Crippen molar-refractivity contribution in [2.24, 2.45) is 0 Å². The van der Waals surface area contributed by atoms with Crippen molar-refractivity contribution >= 4 is 15.9 Å². The van der Waals surface area contributed by atoms with Crippen LogP contribution in [0.15, 0.2) is 23.1 Å². The first-order valence-corrected chi connectivity index (χ1v) is 6.29. The zero-order chi connectivity index (χ0) is 10.7. The lowest BCUT2D eigenvalue weighted by atomic mass is 10.2. The van der Waals surface area contributed by atoms with Crippen LogP contribution in [-0.2, 0) is 16.6 Å². The van der Waals surface area contributed by atoms with Crippen molar-refractivity contribution < 1.29 is 4.74 Å². The Balaban J connectivity index is 2.17. The van der Waals surface area contributed by atoms with Crippen molar-refractivity contribution in [2.45, 2.75) is 30.8 Å². The van der Waals surface area contributed by atoms with Gasteiger partial charge in [-0.05, 0) is 18.9 Å². The highest BCUT2D eigenvalue weighted by molar-refractivity contribution is 9.08. The maximum atomic E-state index is 11.9. The number of hydrogen-bond acceptors (Lipinski definition) is 2. The Hall–Kier alpha value is -0.610. The summed E-state index contributed by atoms with van der Waals surface area (Å²) in [7, 11) is 0. The summed E-state index contributed by atoms with van der Waals surface area (Å²) < 4.78 is 7.26. The Labute approximate surface area is 97.2 Å². The van der Waals surface area contributed by atoms with Crippen LogP contribution >= 0.6 is 15.9 Å². The molecule has 1 atom stereocenters. The summed E-state index contributed by atoms with van der Waals surface area (Å²) >= 11 is 3.31. The van der Waals surface area contributed by atoms with Crippen LogP contribution in [0.25, 0.3) is 0 Å². The molecule has 0 N–H and O–H groups in total. The molecule has 1 fully saturated rings. The molecule has 0 aliphatic carbocycles. The third-order valence-electron chi connectivity index (χ3n) is 2.67. The van der Waals surface area contributed by atoms with Crippen LogP contribution < -0.4 is 5.56 Å². The molecular formula is C11H14BrNO2. The van der Waals surface area contributed by atoms with Gasteiger partial charge in [0.1, 0.15) is 0 Å². The van der Waals surface area contributed by atoms with Crippen LogP contribution in [0.5, 0.6) is 0 Å². The molecule has 3 nitrogen and oxygen atoms in total. The number of hydrogen-bond donors (Lipinski definition) is 0. The summed E-state index contributed by atoms with van der Waals surface area (Å²) in [6, 6.07) is 3.76. The van der Waals surface area contributed by atoms with E-state index < -0.39 is 0 Å². The highest BCUT2D eigenvalue weighted by atomic mass is 79.9. The van der Waals surface area contributed by atoms with Gasteiger partial charge in [-0.1, -0.05) is 22.0 Å². The fourth-order valence-corrected chi connectivity index (χ4v) is 2.27. The smallest absolute Gasteiger partial charge is 0.254 e. The number of pyridine rings is 1. The Morgan fingerprint density at radius 2 is 2.47 bits per heavy atom. The van der Waals surface area contributed by atoms with E-state index >= 15 is 0 Å². The number of rotatable bonds is 3. The predicted octanol–water partition coefficient (Wildman–Crippen LogP) is 1.92. The number of aromatic nitrogens is 1. The van der Waals surface area contributed by atoms with Gasteiger partial charge in [0.15, 0.2) is 0 Å². The normalized spacial score (nSPS) is 20.7. The second-order valence-electron chi connectivity index (χ2n) is 3.76. The van der Waals surface area contributed by atoms with E-state index in [1.165, 1.54) is 0 Å². The van der Waals surface area contributed by atoms with Crippen LogP contribution in [0.2, 0.25) is 0 Å². The van der Waals surface area contributed by atoms with E-state index in [1.807, 2.05) is 18.3 Å². The zero-order valence-electron chi connectivity index (χ0n) is 8.49. The molecule has 4 heteroatoms. The summed E-state index contributed by atoms with van der Waals surface area (Å²) in [5.41, 5.74) is 0.889. The van der Waals surface area contributed by atoms with Gasteiger partial charge in [0.2, 0.25) is 0 Å². The van der Waals surface area contributed by atoms with Crippen molar-refractivity contribution in [1.29, 1.82) is 0 Å². The molecule has 1 aromatic rings. The number of halogens is 1. The minimum atomic E-state index is 0.0878. The summed E-state index contributed by atoms with van der Waals surface area (Å²) in [6.45, 7) is 1.51. The molecule has 1 saturated heterocycles. The van der Waals surface area contributed by atoms with Gasteiger partial charge in [-0.2, -0.15) is 0 Å². The average Bonchev–Trinajstić information content (AvgIpc) is 2.74. The van der Waals surface area contributed by atoms with Crippen LogP contribution in [0.3, 0.4) is 0 Å². The Kier molecular flexibility index (Phi) is 3.59. The number of alkyl halides is 1. The number of ether oxygens (including phenoxy) is 1. The van der Waals surface area contributed by atoms with Crippen molar-refractivity contribution in [2.75, 3.05) is 6.61 Å². The molecule has 1 unspecified atom stereocenters. The lowest BCUT2D eigenvalue weighted by molar-refractivity contribution is 0.0961. The third kappa shape index (κ3) is 2.49. The van der Waals surface area contributed by atoms with E-state index in [9.17, 15) is 4.79 Å². The van der Waals surface area contributed by atoms with Gasteiger partial charge in [-0.25, -0.2) is 0 Å². The minimum absolute atomic E-state index is 0.0878. The van der Waals surface area contributed by atoms with Crippen LogP contribution in [0, 0.1) is 0 Å². The Bertz CT molecular complexity index is 382. The van der Waals surface area contributed by atoms with E-state index in [1.54, 1.807) is 4.57 Å². The molecular weight excluding hydrogens is 258 g/mol. The molecule has 0 radical (unpaired) electrons. The first-order chi connectivity index (χ1) is 7.31. The molecule has 2 heterocycles. The lowest BCUT2D eigenvalue weighted by Gasteiger charge is -2.12.